The van der Waals surface area contributed by atoms with Crippen LogP contribution < -0.4 is 10.3 Å². The normalized spacial score (nSPS) is 11.2. The minimum absolute atomic E-state index is 0.152. The number of aromatic amines is 1. The highest BCUT2D eigenvalue weighted by Crippen LogP contribution is 2.08. The Hall–Kier alpha value is -2.19. The van der Waals surface area contributed by atoms with Gasteiger partial charge < -0.3 is 4.98 Å². The predicted molar refractivity (Wildman–Crippen MR) is 65.0 cm³/mol. The van der Waals surface area contributed by atoms with Crippen LogP contribution in [0.4, 0.5) is 4.39 Å². The van der Waals surface area contributed by atoms with Crippen LogP contribution in [0.15, 0.2) is 47.5 Å². The zero-order chi connectivity index (χ0) is 13.9. The second-order valence-corrected chi connectivity index (χ2v) is 5.28. The molecule has 1 amide bonds. The molecule has 2 aromatic rings. The van der Waals surface area contributed by atoms with Crippen LogP contribution in [0.1, 0.15) is 10.5 Å². The zero-order valence-electron chi connectivity index (χ0n) is 9.55. The van der Waals surface area contributed by atoms with Gasteiger partial charge in [0.25, 0.3) is 15.9 Å². The third-order valence-electron chi connectivity index (χ3n) is 2.27. The molecule has 2 rings (SSSR count). The SMILES string of the molecule is O=C(NNS(=O)(=O)c1ccc(F)cc1)c1ccc[nH]1. The molecule has 0 bridgehead atoms. The van der Waals surface area contributed by atoms with Gasteiger partial charge in [-0.05, 0) is 36.4 Å². The number of H-pyrrole nitrogens is 1. The molecular formula is C11H10FN3O3S. The molecule has 0 saturated carbocycles. The van der Waals surface area contributed by atoms with Gasteiger partial charge in [-0.1, -0.05) is 0 Å². The number of carbonyl (C=O) groups excluding carboxylic acids is 1. The van der Waals surface area contributed by atoms with E-state index in [1.807, 2.05) is 10.3 Å². The summed E-state index contributed by atoms with van der Waals surface area (Å²) in [5, 5.41) is 0. The van der Waals surface area contributed by atoms with Crippen molar-refractivity contribution in [1.82, 2.24) is 15.2 Å². The van der Waals surface area contributed by atoms with Crippen LogP contribution in [0, 0.1) is 5.82 Å². The molecule has 0 atom stereocenters. The molecule has 0 aliphatic heterocycles. The van der Waals surface area contributed by atoms with Crippen molar-refractivity contribution in [3.05, 3.63) is 54.1 Å². The minimum Gasteiger partial charge on any atom is -0.357 e. The fourth-order valence-electron chi connectivity index (χ4n) is 1.33. The van der Waals surface area contributed by atoms with Gasteiger partial charge in [-0.2, -0.15) is 0 Å². The highest BCUT2D eigenvalue weighted by molar-refractivity contribution is 7.89. The Balaban J connectivity index is 2.06. The number of benzene rings is 1. The quantitative estimate of drug-likeness (QED) is 0.724. The number of carbonyl (C=O) groups is 1. The van der Waals surface area contributed by atoms with E-state index in [0.29, 0.717) is 0 Å². The highest BCUT2D eigenvalue weighted by Gasteiger charge is 2.15. The van der Waals surface area contributed by atoms with Gasteiger partial charge in [-0.25, -0.2) is 12.8 Å². The molecule has 1 aromatic carbocycles. The Morgan fingerprint density at radius 2 is 1.84 bits per heavy atom. The van der Waals surface area contributed by atoms with Gasteiger partial charge in [-0.15, -0.1) is 4.83 Å². The number of sulfonamides is 1. The van der Waals surface area contributed by atoms with E-state index in [4.69, 9.17) is 0 Å². The van der Waals surface area contributed by atoms with Gasteiger partial charge in [-0.3, -0.25) is 10.2 Å². The van der Waals surface area contributed by atoms with Gasteiger partial charge in [0.05, 0.1) is 4.90 Å². The van der Waals surface area contributed by atoms with E-state index >= 15 is 0 Å². The molecule has 0 aliphatic rings. The van der Waals surface area contributed by atoms with E-state index in [1.54, 1.807) is 6.07 Å². The van der Waals surface area contributed by atoms with Gasteiger partial charge in [0.1, 0.15) is 11.5 Å². The molecular weight excluding hydrogens is 273 g/mol. The minimum atomic E-state index is -3.93. The number of hydrazine groups is 1. The van der Waals surface area contributed by atoms with Gasteiger partial charge in [0.15, 0.2) is 0 Å². The third-order valence-corrected chi connectivity index (χ3v) is 3.53. The monoisotopic (exact) mass is 283 g/mol. The molecule has 1 heterocycles. The number of amides is 1. The van der Waals surface area contributed by atoms with E-state index < -0.39 is 21.7 Å². The first-order valence-corrected chi connectivity index (χ1v) is 6.68. The average molecular weight is 283 g/mol. The standard InChI is InChI=1S/C11H10FN3O3S/c12-8-3-5-9(6-4-8)19(17,18)15-14-11(16)10-2-1-7-13-10/h1-7,13,15H,(H,14,16). The summed E-state index contributed by atoms with van der Waals surface area (Å²) in [5.41, 5.74) is 2.25. The van der Waals surface area contributed by atoms with Crippen LogP contribution >= 0.6 is 0 Å². The van der Waals surface area contributed by atoms with Gasteiger partial charge in [0, 0.05) is 6.20 Å². The van der Waals surface area contributed by atoms with E-state index in [2.05, 4.69) is 4.98 Å². The summed E-state index contributed by atoms with van der Waals surface area (Å²) < 4.78 is 36.2. The molecule has 1 aromatic heterocycles. The number of halogens is 1. The highest BCUT2D eigenvalue weighted by atomic mass is 32.2. The summed E-state index contributed by atoms with van der Waals surface area (Å²) in [6.07, 6.45) is 1.53. The molecule has 0 spiro atoms. The third kappa shape index (κ3) is 3.18. The first kappa shape index (κ1) is 13.2. The molecule has 0 fully saturated rings. The number of hydrogen-bond donors (Lipinski definition) is 3. The maximum atomic E-state index is 12.7. The Bertz CT molecular complexity index is 666. The van der Waals surface area contributed by atoms with Crippen LogP contribution in [0.3, 0.4) is 0 Å². The summed E-state index contributed by atoms with van der Waals surface area (Å²) in [4.78, 5) is 15.9. The topological polar surface area (TPSA) is 91.1 Å². The van der Waals surface area contributed by atoms with Crippen molar-refractivity contribution in [2.24, 2.45) is 0 Å². The summed E-state index contributed by atoms with van der Waals surface area (Å²) in [6, 6.07) is 7.31. The molecule has 8 heteroatoms. The Labute approximate surface area is 108 Å². The first-order chi connectivity index (χ1) is 8.99. The predicted octanol–water partition coefficient (Wildman–Crippen LogP) is 0.777. The van der Waals surface area contributed by atoms with E-state index in [0.717, 1.165) is 24.3 Å². The summed E-state index contributed by atoms with van der Waals surface area (Å²) in [6.45, 7) is 0. The summed E-state index contributed by atoms with van der Waals surface area (Å²) >= 11 is 0. The van der Waals surface area contributed by atoms with Crippen LogP contribution in [0.5, 0.6) is 0 Å². The van der Waals surface area contributed by atoms with E-state index in [9.17, 15) is 17.6 Å². The molecule has 0 radical (unpaired) electrons. The molecule has 19 heavy (non-hydrogen) atoms. The molecule has 0 aliphatic carbocycles. The lowest BCUT2D eigenvalue weighted by Crippen LogP contribution is -2.41. The fourth-order valence-corrected chi connectivity index (χ4v) is 2.16. The van der Waals surface area contributed by atoms with Crippen molar-refractivity contribution in [2.75, 3.05) is 0 Å². The Morgan fingerprint density at radius 1 is 1.16 bits per heavy atom. The number of rotatable bonds is 4. The van der Waals surface area contributed by atoms with Crippen molar-refractivity contribution in [1.29, 1.82) is 0 Å². The van der Waals surface area contributed by atoms with E-state index in [1.165, 1.54) is 12.3 Å². The second kappa shape index (κ2) is 5.21. The van der Waals surface area contributed by atoms with Crippen molar-refractivity contribution < 1.29 is 17.6 Å². The first-order valence-electron chi connectivity index (χ1n) is 5.20. The number of hydrogen-bond acceptors (Lipinski definition) is 3. The lowest BCUT2D eigenvalue weighted by molar-refractivity contribution is 0.0940. The molecule has 0 saturated heterocycles. The van der Waals surface area contributed by atoms with Crippen LogP contribution in [-0.2, 0) is 10.0 Å². The van der Waals surface area contributed by atoms with Crippen LogP contribution in [0.2, 0.25) is 0 Å². The van der Waals surface area contributed by atoms with Crippen LogP contribution in [0.25, 0.3) is 0 Å². The largest absolute Gasteiger partial charge is 0.357 e. The second-order valence-electron chi connectivity index (χ2n) is 3.60. The lowest BCUT2D eigenvalue weighted by atomic mass is 10.4. The average Bonchev–Trinajstić information content (AvgIpc) is 2.90. The molecule has 6 nitrogen and oxygen atoms in total. The number of nitrogens with one attached hydrogen (secondary N) is 3. The Kier molecular flexibility index (Phi) is 3.63. The van der Waals surface area contributed by atoms with Gasteiger partial charge in [0.2, 0.25) is 0 Å². The fraction of sp³-hybridized carbons (Fsp3) is 0. The van der Waals surface area contributed by atoms with Crippen LogP contribution in [-0.4, -0.2) is 19.3 Å². The van der Waals surface area contributed by atoms with Crippen molar-refractivity contribution in [3.8, 4) is 0 Å². The molecule has 3 N–H and O–H groups in total. The van der Waals surface area contributed by atoms with E-state index in [-0.39, 0.29) is 10.6 Å². The lowest BCUT2D eigenvalue weighted by Gasteiger charge is -2.07. The van der Waals surface area contributed by atoms with Gasteiger partial charge >= 0.3 is 0 Å². The van der Waals surface area contributed by atoms with Crippen molar-refractivity contribution in [3.63, 3.8) is 0 Å². The summed E-state index contributed by atoms with van der Waals surface area (Å²) in [5.74, 6) is -1.18. The molecule has 0 unspecified atom stereocenters. The maximum absolute atomic E-state index is 12.7. The maximum Gasteiger partial charge on any atom is 0.282 e. The number of aromatic nitrogens is 1. The Morgan fingerprint density at radius 3 is 2.42 bits per heavy atom. The smallest absolute Gasteiger partial charge is 0.282 e. The van der Waals surface area contributed by atoms with Crippen molar-refractivity contribution in [2.45, 2.75) is 4.90 Å². The van der Waals surface area contributed by atoms with Crippen molar-refractivity contribution >= 4 is 15.9 Å². The summed E-state index contributed by atoms with van der Waals surface area (Å²) in [7, 11) is -3.93. The molecule has 100 valence electrons. The zero-order valence-corrected chi connectivity index (χ0v) is 10.4.